The van der Waals surface area contributed by atoms with Crippen LogP contribution >= 0.6 is 0 Å². The highest BCUT2D eigenvalue weighted by molar-refractivity contribution is 4.95. The van der Waals surface area contributed by atoms with E-state index in [9.17, 15) is 30.6 Å². The number of hydrogen-bond donors (Lipinski definition) is 6. The van der Waals surface area contributed by atoms with Gasteiger partial charge in [-0.1, -0.05) is 13.8 Å². The fourth-order valence-electron chi connectivity index (χ4n) is 3.58. The first-order valence-corrected chi connectivity index (χ1v) is 11.2. The Bertz CT molecular complexity index is 558. The van der Waals surface area contributed by atoms with Crippen molar-refractivity contribution in [2.75, 3.05) is 13.2 Å². The van der Waals surface area contributed by atoms with Gasteiger partial charge in [-0.2, -0.15) is 0 Å². The van der Waals surface area contributed by atoms with E-state index in [4.69, 9.17) is 23.7 Å². The van der Waals surface area contributed by atoms with Crippen molar-refractivity contribution in [1.29, 1.82) is 0 Å². The molecule has 0 spiro atoms. The van der Waals surface area contributed by atoms with Crippen molar-refractivity contribution < 1.29 is 54.3 Å². The molecule has 190 valence electrons. The second kappa shape index (κ2) is 11.8. The number of rotatable bonds is 10. The van der Waals surface area contributed by atoms with E-state index in [0.29, 0.717) is 12.8 Å². The first-order valence-electron chi connectivity index (χ1n) is 11.2. The summed E-state index contributed by atoms with van der Waals surface area (Å²) in [4.78, 5) is 0. The summed E-state index contributed by atoms with van der Waals surface area (Å²) in [6.45, 7) is 8.09. The first kappa shape index (κ1) is 27.8. The highest BCUT2D eigenvalue weighted by Gasteiger charge is 2.52. The summed E-state index contributed by atoms with van der Waals surface area (Å²) in [5.74, 6) is 0. The highest BCUT2D eigenvalue weighted by Crippen LogP contribution is 2.32. The molecular formula is C21H40O11. The minimum absolute atomic E-state index is 0.257. The minimum atomic E-state index is -1.59. The van der Waals surface area contributed by atoms with Gasteiger partial charge in [0.2, 0.25) is 0 Å². The number of hydrogen-bond acceptors (Lipinski definition) is 11. The van der Waals surface area contributed by atoms with Crippen LogP contribution in [0.25, 0.3) is 0 Å². The van der Waals surface area contributed by atoms with Gasteiger partial charge in [0.25, 0.3) is 0 Å². The van der Waals surface area contributed by atoms with Crippen LogP contribution < -0.4 is 0 Å². The summed E-state index contributed by atoms with van der Waals surface area (Å²) in [5.41, 5.74) is -0.639. The van der Waals surface area contributed by atoms with Crippen LogP contribution in [0.15, 0.2) is 0 Å². The molecule has 0 amide bonds. The Morgan fingerprint density at radius 1 is 0.812 bits per heavy atom. The maximum absolute atomic E-state index is 10.6. The molecule has 0 aliphatic carbocycles. The molecule has 0 bridgehead atoms. The van der Waals surface area contributed by atoms with Crippen LogP contribution in [0.4, 0.5) is 0 Å². The Balaban J connectivity index is 2.13. The number of aliphatic hydroxyl groups excluding tert-OH is 6. The van der Waals surface area contributed by atoms with Crippen LogP contribution in [-0.4, -0.2) is 117 Å². The van der Waals surface area contributed by atoms with E-state index < -0.39 is 80.2 Å². The molecule has 10 unspecified atom stereocenters. The highest BCUT2D eigenvalue weighted by atomic mass is 16.7. The molecule has 11 atom stereocenters. The quantitative estimate of drug-likeness (QED) is 0.224. The number of aliphatic hydroxyl groups is 6. The molecule has 0 radical (unpaired) electrons. The summed E-state index contributed by atoms with van der Waals surface area (Å²) in [6.07, 6.45) is -12.2. The minimum Gasteiger partial charge on any atom is -0.394 e. The van der Waals surface area contributed by atoms with E-state index in [1.165, 1.54) is 0 Å². The van der Waals surface area contributed by atoms with E-state index in [1.54, 1.807) is 6.92 Å². The van der Waals surface area contributed by atoms with Crippen molar-refractivity contribution in [3.63, 3.8) is 0 Å². The summed E-state index contributed by atoms with van der Waals surface area (Å²) in [5, 5.41) is 61.8. The smallest absolute Gasteiger partial charge is 0.187 e. The van der Waals surface area contributed by atoms with Crippen LogP contribution in [0, 0.1) is 0 Å². The molecule has 0 saturated carbocycles. The van der Waals surface area contributed by atoms with Gasteiger partial charge < -0.3 is 54.3 Å². The van der Waals surface area contributed by atoms with Gasteiger partial charge in [-0.3, -0.25) is 0 Å². The number of ether oxygens (including phenoxy) is 5. The standard InChI is InChI=1S/C21H40O11/c1-6-10(3)28-19-15(26)13(24)17(11(8-22)29-19)31-20-16(27)14(25)18(12(9-23)30-20)32-21(4,5)7-2/h10-20,22-27H,6-9H2,1-5H3/t10-,11?,12?,13?,14?,15?,16?,17?,18?,19?,20?/m0/s1. The zero-order valence-corrected chi connectivity index (χ0v) is 19.4. The van der Waals surface area contributed by atoms with E-state index in [2.05, 4.69) is 0 Å². The third kappa shape index (κ3) is 6.36. The molecule has 2 rings (SSSR count). The lowest BCUT2D eigenvalue weighted by atomic mass is 9.95. The van der Waals surface area contributed by atoms with Crippen molar-refractivity contribution in [3.05, 3.63) is 0 Å². The maximum atomic E-state index is 10.6. The average molecular weight is 469 g/mol. The third-order valence-corrected chi connectivity index (χ3v) is 6.18. The Kier molecular flexibility index (Phi) is 10.3. The molecule has 11 nitrogen and oxygen atoms in total. The van der Waals surface area contributed by atoms with Gasteiger partial charge >= 0.3 is 0 Å². The molecule has 0 aromatic rings. The predicted molar refractivity (Wildman–Crippen MR) is 110 cm³/mol. The second-order valence-electron chi connectivity index (χ2n) is 9.06. The topological polar surface area (TPSA) is 168 Å². The van der Waals surface area contributed by atoms with Crippen molar-refractivity contribution in [3.8, 4) is 0 Å². The van der Waals surface area contributed by atoms with Crippen LogP contribution in [0.5, 0.6) is 0 Å². The zero-order valence-electron chi connectivity index (χ0n) is 19.4. The van der Waals surface area contributed by atoms with Gasteiger partial charge in [0.1, 0.15) is 48.8 Å². The fourth-order valence-corrected chi connectivity index (χ4v) is 3.58. The van der Waals surface area contributed by atoms with Gasteiger partial charge in [0, 0.05) is 0 Å². The Labute approximate surface area is 188 Å². The van der Waals surface area contributed by atoms with E-state index >= 15 is 0 Å². The molecule has 6 N–H and O–H groups in total. The Morgan fingerprint density at radius 3 is 1.84 bits per heavy atom. The largest absolute Gasteiger partial charge is 0.394 e. The lowest BCUT2D eigenvalue weighted by molar-refractivity contribution is -0.367. The fraction of sp³-hybridized carbons (Fsp3) is 1.00. The molecular weight excluding hydrogens is 428 g/mol. The van der Waals surface area contributed by atoms with Crippen LogP contribution in [-0.2, 0) is 23.7 Å². The average Bonchev–Trinajstić information content (AvgIpc) is 2.77. The molecule has 32 heavy (non-hydrogen) atoms. The molecule has 0 aromatic carbocycles. The summed E-state index contributed by atoms with van der Waals surface area (Å²) in [7, 11) is 0. The van der Waals surface area contributed by atoms with Gasteiger partial charge in [-0.25, -0.2) is 0 Å². The molecule has 0 aromatic heterocycles. The van der Waals surface area contributed by atoms with Gasteiger partial charge in [-0.05, 0) is 33.6 Å². The second-order valence-corrected chi connectivity index (χ2v) is 9.06. The van der Waals surface area contributed by atoms with Crippen molar-refractivity contribution in [2.45, 2.75) is 121 Å². The lowest BCUT2D eigenvalue weighted by Gasteiger charge is -2.47. The Hall–Kier alpha value is -0.440. The first-order chi connectivity index (χ1) is 15.0. The van der Waals surface area contributed by atoms with E-state index in [-0.39, 0.29) is 6.10 Å². The van der Waals surface area contributed by atoms with Gasteiger partial charge in [0.15, 0.2) is 12.6 Å². The summed E-state index contributed by atoms with van der Waals surface area (Å²) >= 11 is 0. The Morgan fingerprint density at radius 2 is 1.31 bits per heavy atom. The molecule has 2 fully saturated rings. The zero-order chi connectivity index (χ0) is 24.2. The van der Waals surface area contributed by atoms with Crippen molar-refractivity contribution in [2.24, 2.45) is 0 Å². The van der Waals surface area contributed by atoms with Gasteiger partial charge in [0.05, 0.1) is 24.9 Å². The lowest BCUT2D eigenvalue weighted by Crippen LogP contribution is -2.65. The molecule has 2 aliphatic rings. The third-order valence-electron chi connectivity index (χ3n) is 6.18. The normalized spacial score (nSPS) is 42.1. The molecule has 2 saturated heterocycles. The van der Waals surface area contributed by atoms with E-state index in [1.807, 2.05) is 27.7 Å². The van der Waals surface area contributed by atoms with Crippen molar-refractivity contribution >= 4 is 0 Å². The van der Waals surface area contributed by atoms with E-state index in [0.717, 1.165) is 0 Å². The van der Waals surface area contributed by atoms with Gasteiger partial charge in [-0.15, -0.1) is 0 Å². The molecule has 2 aliphatic heterocycles. The van der Waals surface area contributed by atoms with Crippen LogP contribution in [0.1, 0.15) is 47.5 Å². The monoisotopic (exact) mass is 468 g/mol. The molecule has 11 heteroatoms. The predicted octanol–water partition coefficient (Wildman–Crippen LogP) is -1.36. The summed E-state index contributed by atoms with van der Waals surface area (Å²) < 4.78 is 28.3. The van der Waals surface area contributed by atoms with Crippen molar-refractivity contribution in [1.82, 2.24) is 0 Å². The molecule has 2 heterocycles. The maximum Gasteiger partial charge on any atom is 0.187 e. The van der Waals surface area contributed by atoms with Crippen LogP contribution in [0.2, 0.25) is 0 Å². The van der Waals surface area contributed by atoms with Crippen LogP contribution in [0.3, 0.4) is 0 Å². The summed E-state index contributed by atoms with van der Waals surface area (Å²) in [6, 6.07) is 0. The SMILES string of the molecule is CC[C@H](C)OC1OC(CO)C(OC2OC(CO)C(OC(C)(C)CC)C(O)C2O)C(O)C1O.